The highest BCUT2D eigenvalue weighted by Crippen LogP contribution is 2.33. The molecular formula is C25H31N3O2S. The molecule has 2 aromatic carbocycles. The van der Waals surface area contributed by atoms with Gasteiger partial charge < -0.3 is 9.64 Å². The van der Waals surface area contributed by atoms with Crippen molar-refractivity contribution >= 4 is 17.9 Å². The fraction of sp³-hybridized carbons (Fsp3) is 0.440. The van der Waals surface area contributed by atoms with E-state index in [0.29, 0.717) is 18.7 Å². The summed E-state index contributed by atoms with van der Waals surface area (Å²) in [5.74, 6) is 0.903. The number of piperazine rings is 1. The van der Waals surface area contributed by atoms with Crippen molar-refractivity contribution in [3.8, 4) is 6.07 Å². The predicted octanol–water partition coefficient (Wildman–Crippen LogP) is 4.93. The third-order valence-electron chi connectivity index (χ3n) is 5.32. The van der Waals surface area contributed by atoms with Crippen molar-refractivity contribution in [1.29, 1.82) is 5.26 Å². The van der Waals surface area contributed by atoms with Crippen molar-refractivity contribution in [2.45, 2.75) is 38.5 Å². The Labute approximate surface area is 190 Å². The Bertz CT molecular complexity index is 920. The van der Waals surface area contributed by atoms with E-state index in [2.05, 4.69) is 47.6 Å². The summed E-state index contributed by atoms with van der Waals surface area (Å²) >= 11 is 1.78. The Morgan fingerprint density at radius 2 is 1.87 bits per heavy atom. The number of rotatable bonds is 5. The van der Waals surface area contributed by atoms with Gasteiger partial charge in [0, 0.05) is 31.4 Å². The summed E-state index contributed by atoms with van der Waals surface area (Å²) in [6.45, 7) is 7.66. The molecule has 31 heavy (non-hydrogen) atoms. The van der Waals surface area contributed by atoms with Crippen LogP contribution in [0.25, 0.3) is 0 Å². The number of amides is 1. The number of thioether (sulfide) groups is 1. The van der Waals surface area contributed by atoms with Crippen molar-refractivity contribution in [2.75, 3.05) is 31.6 Å². The summed E-state index contributed by atoms with van der Waals surface area (Å²) in [7, 11) is 0. The molecule has 1 aliphatic heterocycles. The maximum Gasteiger partial charge on any atom is 0.410 e. The molecule has 1 fully saturated rings. The first-order chi connectivity index (χ1) is 14.8. The van der Waals surface area contributed by atoms with E-state index in [-0.39, 0.29) is 18.2 Å². The number of ether oxygens (including phenoxy) is 1. The Morgan fingerprint density at radius 3 is 2.52 bits per heavy atom. The van der Waals surface area contributed by atoms with Gasteiger partial charge in [0.25, 0.3) is 0 Å². The van der Waals surface area contributed by atoms with Gasteiger partial charge in [-0.05, 0) is 50.3 Å². The molecule has 0 aliphatic carbocycles. The molecule has 0 saturated carbocycles. The second-order valence-electron chi connectivity index (χ2n) is 8.82. The third-order valence-corrected chi connectivity index (χ3v) is 6.04. The van der Waals surface area contributed by atoms with Crippen LogP contribution in [0.2, 0.25) is 0 Å². The molecule has 1 saturated heterocycles. The number of hydrogen-bond donors (Lipinski definition) is 0. The molecule has 1 amide bonds. The molecule has 1 heterocycles. The van der Waals surface area contributed by atoms with E-state index in [4.69, 9.17) is 4.74 Å². The molecule has 3 rings (SSSR count). The smallest absolute Gasteiger partial charge is 0.410 e. The van der Waals surface area contributed by atoms with Crippen LogP contribution in [0.5, 0.6) is 0 Å². The van der Waals surface area contributed by atoms with Crippen LogP contribution in [0.1, 0.15) is 43.5 Å². The average Bonchev–Trinajstić information content (AvgIpc) is 2.75. The van der Waals surface area contributed by atoms with Gasteiger partial charge in [-0.25, -0.2) is 4.79 Å². The van der Waals surface area contributed by atoms with Crippen molar-refractivity contribution in [1.82, 2.24) is 9.80 Å². The van der Waals surface area contributed by atoms with E-state index in [9.17, 15) is 10.1 Å². The zero-order valence-electron chi connectivity index (χ0n) is 18.7. The molecular weight excluding hydrogens is 406 g/mol. The number of carbonyl (C=O) groups is 1. The SMILES string of the molecule is CSC[C@@H]1CN(C(=O)OC(C)(C)C)CCN1C(c1ccccc1)c1cccc(C#N)c1. The van der Waals surface area contributed by atoms with Crippen LogP contribution in [-0.4, -0.2) is 59.2 Å². The lowest BCUT2D eigenvalue weighted by molar-refractivity contribution is 0.00163. The van der Waals surface area contributed by atoms with Gasteiger partial charge in [0.2, 0.25) is 0 Å². The first-order valence-corrected chi connectivity index (χ1v) is 12.0. The van der Waals surface area contributed by atoms with Gasteiger partial charge >= 0.3 is 6.09 Å². The van der Waals surface area contributed by atoms with Crippen molar-refractivity contribution in [2.24, 2.45) is 0 Å². The minimum absolute atomic E-state index is 0.0208. The Morgan fingerprint density at radius 1 is 1.16 bits per heavy atom. The van der Waals surface area contributed by atoms with Crippen LogP contribution >= 0.6 is 11.8 Å². The molecule has 164 valence electrons. The molecule has 6 heteroatoms. The average molecular weight is 438 g/mol. The second kappa shape index (κ2) is 10.2. The van der Waals surface area contributed by atoms with Crippen LogP contribution in [0.15, 0.2) is 54.6 Å². The van der Waals surface area contributed by atoms with E-state index < -0.39 is 5.60 Å². The summed E-state index contributed by atoms with van der Waals surface area (Å²) in [5.41, 5.74) is 2.44. The van der Waals surface area contributed by atoms with Gasteiger partial charge in [-0.3, -0.25) is 4.90 Å². The van der Waals surface area contributed by atoms with Crippen molar-refractivity contribution < 1.29 is 9.53 Å². The van der Waals surface area contributed by atoms with Crippen molar-refractivity contribution in [3.05, 3.63) is 71.3 Å². The fourth-order valence-corrected chi connectivity index (χ4v) is 4.71. The first kappa shape index (κ1) is 23.2. The quantitative estimate of drug-likeness (QED) is 0.664. The van der Waals surface area contributed by atoms with E-state index in [1.54, 1.807) is 11.8 Å². The fourth-order valence-electron chi connectivity index (χ4n) is 4.03. The van der Waals surface area contributed by atoms with E-state index in [0.717, 1.165) is 17.9 Å². The topological polar surface area (TPSA) is 56.6 Å². The molecule has 1 unspecified atom stereocenters. The van der Waals surface area contributed by atoms with Crippen LogP contribution < -0.4 is 0 Å². The molecule has 0 bridgehead atoms. The van der Waals surface area contributed by atoms with E-state index in [1.165, 1.54) is 5.56 Å². The summed E-state index contributed by atoms with van der Waals surface area (Å²) in [5, 5.41) is 9.42. The summed E-state index contributed by atoms with van der Waals surface area (Å²) in [4.78, 5) is 17.0. The Balaban J connectivity index is 1.93. The highest BCUT2D eigenvalue weighted by atomic mass is 32.2. The number of carbonyl (C=O) groups excluding carboxylic acids is 1. The summed E-state index contributed by atoms with van der Waals surface area (Å²) in [6.07, 6.45) is 1.85. The molecule has 2 aromatic rings. The molecule has 0 N–H and O–H groups in total. The first-order valence-electron chi connectivity index (χ1n) is 10.6. The predicted molar refractivity (Wildman–Crippen MR) is 126 cm³/mol. The van der Waals surface area contributed by atoms with Gasteiger partial charge in [0.1, 0.15) is 5.60 Å². The van der Waals surface area contributed by atoms with Crippen molar-refractivity contribution in [3.63, 3.8) is 0 Å². The van der Waals surface area contributed by atoms with Gasteiger partial charge in [-0.15, -0.1) is 0 Å². The largest absolute Gasteiger partial charge is 0.444 e. The lowest BCUT2D eigenvalue weighted by Gasteiger charge is -2.45. The van der Waals surface area contributed by atoms with E-state index in [1.807, 2.05) is 49.9 Å². The Hall–Kier alpha value is -2.49. The molecule has 1 aliphatic rings. The molecule has 0 aromatic heterocycles. The maximum absolute atomic E-state index is 12.7. The lowest BCUT2D eigenvalue weighted by Crippen LogP contribution is -2.57. The number of hydrogen-bond acceptors (Lipinski definition) is 5. The minimum atomic E-state index is -0.506. The molecule has 5 nitrogen and oxygen atoms in total. The van der Waals surface area contributed by atoms with Gasteiger partial charge in [-0.2, -0.15) is 17.0 Å². The number of nitrogens with zero attached hydrogens (tertiary/aromatic N) is 3. The highest BCUT2D eigenvalue weighted by Gasteiger charge is 2.36. The maximum atomic E-state index is 12.7. The molecule has 0 spiro atoms. The highest BCUT2D eigenvalue weighted by molar-refractivity contribution is 7.98. The third kappa shape index (κ3) is 6.03. The van der Waals surface area contributed by atoms with Crippen LogP contribution in [0.4, 0.5) is 4.79 Å². The molecule has 0 radical (unpaired) electrons. The van der Waals surface area contributed by atoms with Gasteiger partial charge in [0.15, 0.2) is 0 Å². The van der Waals surface area contributed by atoms with Crippen LogP contribution in [0.3, 0.4) is 0 Å². The van der Waals surface area contributed by atoms with Gasteiger partial charge in [0.05, 0.1) is 17.7 Å². The second-order valence-corrected chi connectivity index (χ2v) is 9.73. The Kier molecular flexibility index (Phi) is 7.64. The van der Waals surface area contributed by atoms with Crippen LogP contribution in [-0.2, 0) is 4.74 Å². The van der Waals surface area contributed by atoms with Crippen LogP contribution in [0, 0.1) is 11.3 Å². The zero-order valence-corrected chi connectivity index (χ0v) is 19.6. The zero-order chi connectivity index (χ0) is 22.4. The number of benzene rings is 2. The molecule has 2 atom stereocenters. The summed E-state index contributed by atoms with van der Waals surface area (Å²) in [6, 6.07) is 20.7. The monoisotopic (exact) mass is 437 g/mol. The lowest BCUT2D eigenvalue weighted by atomic mass is 9.93. The minimum Gasteiger partial charge on any atom is -0.444 e. The normalized spacial score (nSPS) is 18.3. The number of nitriles is 1. The van der Waals surface area contributed by atoms with E-state index >= 15 is 0 Å². The van der Waals surface area contributed by atoms with Gasteiger partial charge in [-0.1, -0.05) is 42.5 Å². The standard InChI is InChI=1S/C25H31N3O2S/c1-25(2,3)30-24(29)27-13-14-28(22(17-27)18-31-4)23(20-10-6-5-7-11-20)21-12-8-9-19(15-21)16-26/h5-12,15,22-23H,13-14,17-18H2,1-4H3/t22-,23?/m0/s1. The summed E-state index contributed by atoms with van der Waals surface area (Å²) < 4.78 is 5.62.